The average molecular weight is 238 g/mol. The standard InChI is InChI=1S/C15H10O3/c16-11-5-3-4-10(8-11)9-13-12-6-1-2-7-14(12)18-15(13)17/h1-9,16H/b13-9-. The lowest BCUT2D eigenvalue weighted by atomic mass is 10.0. The molecule has 1 heterocycles. The Hall–Kier alpha value is -2.55. The van der Waals surface area contributed by atoms with Crippen LogP contribution in [0.25, 0.3) is 11.6 Å². The van der Waals surface area contributed by atoms with Gasteiger partial charge in [0.15, 0.2) is 0 Å². The van der Waals surface area contributed by atoms with Crippen molar-refractivity contribution >= 4 is 17.6 Å². The molecule has 0 bridgehead atoms. The molecular weight excluding hydrogens is 228 g/mol. The van der Waals surface area contributed by atoms with Crippen LogP contribution in [0, 0.1) is 0 Å². The number of esters is 1. The van der Waals surface area contributed by atoms with E-state index < -0.39 is 0 Å². The number of benzene rings is 2. The summed E-state index contributed by atoms with van der Waals surface area (Å²) in [6.07, 6.45) is 1.72. The molecule has 0 aliphatic carbocycles. The second-order valence-corrected chi connectivity index (χ2v) is 4.04. The Kier molecular flexibility index (Phi) is 2.38. The zero-order valence-corrected chi connectivity index (χ0v) is 9.46. The highest BCUT2D eigenvalue weighted by atomic mass is 16.5. The molecule has 0 aromatic heterocycles. The molecule has 0 fully saturated rings. The number of hydrogen-bond donors (Lipinski definition) is 1. The molecule has 3 nitrogen and oxygen atoms in total. The maximum absolute atomic E-state index is 11.8. The number of fused-ring (bicyclic) bond motifs is 1. The average Bonchev–Trinajstić information content (AvgIpc) is 2.66. The second-order valence-electron chi connectivity index (χ2n) is 4.04. The van der Waals surface area contributed by atoms with Gasteiger partial charge in [-0.05, 0) is 29.8 Å². The van der Waals surface area contributed by atoms with E-state index in [2.05, 4.69) is 0 Å². The number of hydrogen-bond acceptors (Lipinski definition) is 3. The van der Waals surface area contributed by atoms with Gasteiger partial charge >= 0.3 is 5.97 Å². The third-order valence-corrected chi connectivity index (χ3v) is 2.78. The quantitative estimate of drug-likeness (QED) is 0.472. The topological polar surface area (TPSA) is 46.5 Å². The number of carbonyl (C=O) groups excluding carboxylic acids is 1. The Bertz CT molecular complexity index is 656. The number of carbonyl (C=O) groups is 1. The molecule has 1 aliphatic heterocycles. The summed E-state index contributed by atoms with van der Waals surface area (Å²) in [5.74, 6) is 0.387. The van der Waals surface area contributed by atoms with Gasteiger partial charge in [-0.1, -0.05) is 30.3 Å². The van der Waals surface area contributed by atoms with E-state index in [0.29, 0.717) is 11.3 Å². The smallest absolute Gasteiger partial charge is 0.344 e. The molecule has 3 rings (SSSR count). The van der Waals surface area contributed by atoms with Crippen LogP contribution in [0.15, 0.2) is 48.5 Å². The molecule has 0 amide bonds. The van der Waals surface area contributed by atoms with Crippen molar-refractivity contribution in [1.29, 1.82) is 0 Å². The van der Waals surface area contributed by atoms with Gasteiger partial charge in [-0.15, -0.1) is 0 Å². The van der Waals surface area contributed by atoms with Crippen molar-refractivity contribution in [3.05, 3.63) is 59.7 Å². The molecule has 0 saturated carbocycles. The van der Waals surface area contributed by atoms with Crippen LogP contribution in [0.2, 0.25) is 0 Å². The number of para-hydroxylation sites is 1. The summed E-state index contributed by atoms with van der Waals surface area (Å²) >= 11 is 0. The highest BCUT2D eigenvalue weighted by Gasteiger charge is 2.25. The predicted molar refractivity (Wildman–Crippen MR) is 68.1 cm³/mol. The van der Waals surface area contributed by atoms with Crippen molar-refractivity contribution in [2.45, 2.75) is 0 Å². The fourth-order valence-electron chi connectivity index (χ4n) is 1.96. The first kappa shape index (κ1) is 10.6. The zero-order chi connectivity index (χ0) is 12.5. The molecule has 0 saturated heterocycles. The van der Waals surface area contributed by atoms with Crippen molar-refractivity contribution in [3.63, 3.8) is 0 Å². The molecule has 18 heavy (non-hydrogen) atoms. The zero-order valence-electron chi connectivity index (χ0n) is 9.46. The normalized spacial score (nSPS) is 15.6. The number of phenolic OH excluding ortho intramolecular Hbond substituents is 1. The van der Waals surface area contributed by atoms with E-state index in [4.69, 9.17) is 4.74 Å². The van der Waals surface area contributed by atoms with E-state index in [1.54, 1.807) is 30.3 Å². The fraction of sp³-hybridized carbons (Fsp3) is 0. The van der Waals surface area contributed by atoms with E-state index in [9.17, 15) is 9.90 Å². The van der Waals surface area contributed by atoms with Gasteiger partial charge in [0.1, 0.15) is 11.5 Å². The van der Waals surface area contributed by atoms with Crippen LogP contribution in [0.4, 0.5) is 0 Å². The largest absolute Gasteiger partial charge is 0.508 e. The summed E-state index contributed by atoms with van der Waals surface area (Å²) in [5, 5.41) is 9.40. The monoisotopic (exact) mass is 238 g/mol. The van der Waals surface area contributed by atoms with Crippen molar-refractivity contribution in [3.8, 4) is 11.5 Å². The van der Waals surface area contributed by atoms with E-state index in [0.717, 1.165) is 11.1 Å². The van der Waals surface area contributed by atoms with Gasteiger partial charge in [0.25, 0.3) is 0 Å². The van der Waals surface area contributed by atoms with Crippen molar-refractivity contribution in [1.82, 2.24) is 0 Å². The molecule has 0 unspecified atom stereocenters. The second kappa shape index (κ2) is 4.04. The molecule has 0 spiro atoms. The van der Waals surface area contributed by atoms with E-state index in [-0.39, 0.29) is 11.7 Å². The van der Waals surface area contributed by atoms with Crippen LogP contribution in [0.5, 0.6) is 11.5 Å². The van der Waals surface area contributed by atoms with E-state index in [1.807, 2.05) is 24.3 Å². The van der Waals surface area contributed by atoms with Crippen LogP contribution < -0.4 is 4.74 Å². The van der Waals surface area contributed by atoms with Crippen LogP contribution in [0.1, 0.15) is 11.1 Å². The molecule has 3 heteroatoms. The van der Waals surface area contributed by atoms with Gasteiger partial charge < -0.3 is 9.84 Å². The molecular formula is C15H10O3. The van der Waals surface area contributed by atoms with Crippen LogP contribution in [-0.4, -0.2) is 11.1 Å². The molecule has 88 valence electrons. The molecule has 1 aliphatic rings. The van der Waals surface area contributed by atoms with Crippen molar-refractivity contribution in [2.75, 3.05) is 0 Å². The van der Waals surface area contributed by atoms with Gasteiger partial charge in [0, 0.05) is 5.56 Å². The predicted octanol–water partition coefficient (Wildman–Crippen LogP) is 2.85. The lowest BCUT2D eigenvalue weighted by Gasteiger charge is -1.97. The molecule has 0 radical (unpaired) electrons. The first-order chi connectivity index (χ1) is 8.74. The Balaban J connectivity index is 2.10. The number of aromatic hydroxyl groups is 1. The van der Waals surface area contributed by atoms with E-state index in [1.165, 1.54) is 0 Å². The lowest BCUT2D eigenvalue weighted by Crippen LogP contribution is -2.00. The summed E-state index contributed by atoms with van der Waals surface area (Å²) < 4.78 is 5.15. The third kappa shape index (κ3) is 1.76. The van der Waals surface area contributed by atoms with Gasteiger partial charge in [-0.2, -0.15) is 0 Å². The summed E-state index contributed by atoms with van der Waals surface area (Å²) in [6.45, 7) is 0. The molecule has 1 N–H and O–H groups in total. The number of rotatable bonds is 1. The van der Waals surface area contributed by atoms with Crippen LogP contribution in [-0.2, 0) is 4.79 Å². The first-order valence-electron chi connectivity index (χ1n) is 5.56. The minimum absolute atomic E-state index is 0.170. The maximum atomic E-state index is 11.8. The summed E-state index contributed by atoms with van der Waals surface area (Å²) in [5.41, 5.74) is 2.06. The van der Waals surface area contributed by atoms with Gasteiger partial charge in [0.05, 0.1) is 5.57 Å². The summed E-state index contributed by atoms with van der Waals surface area (Å²) in [6, 6.07) is 14.0. The maximum Gasteiger partial charge on any atom is 0.344 e. The van der Waals surface area contributed by atoms with Gasteiger partial charge in [-0.3, -0.25) is 0 Å². The Morgan fingerprint density at radius 1 is 1.06 bits per heavy atom. The Labute approximate surface area is 104 Å². The SMILES string of the molecule is O=C1Oc2ccccc2/C1=C/c1cccc(O)c1. The van der Waals surface area contributed by atoms with Crippen molar-refractivity contribution in [2.24, 2.45) is 0 Å². The number of ether oxygens (including phenoxy) is 1. The minimum Gasteiger partial charge on any atom is -0.508 e. The van der Waals surface area contributed by atoms with Gasteiger partial charge in [-0.25, -0.2) is 4.79 Å². The molecule has 2 aromatic rings. The third-order valence-electron chi connectivity index (χ3n) is 2.78. The lowest BCUT2D eigenvalue weighted by molar-refractivity contribution is -0.126. The minimum atomic E-state index is -0.362. The van der Waals surface area contributed by atoms with Crippen LogP contribution >= 0.6 is 0 Å². The Morgan fingerprint density at radius 3 is 2.72 bits per heavy atom. The molecule has 0 atom stereocenters. The first-order valence-corrected chi connectivity index (χ1v) is 5.56. The highest BCUT2D eigenvalue weighted by molar-refractivity contribution is 6.25. The van der Waals surface area contributed by atoms with Crippen LogP contribution in [0.3, 0.4) is 0 Å². The molecule has 2 aromatic carbocycles. The highest BCUT2D eigenvalue weighted by Crippen LogP contribution is 2.35. The summed E-state index contributed by atoms with van der Waals surface area (Å²) in [4.78, 5) is 11.8. The Morgan fingerprint density at radius 2 is 1.89 bits per heavy atom. The number of phenols is 1. The fourth-order valence-corrected chi connectivity index (χ4v) is 1.96. The summed E-state index contributed by atoms with van der Waals surface area (Å²) in [7, 11) is 0. The van der Waals surface area contributed by atoms with Gasteiger partial charge in [0.2, 0.25) is 0 Å². The van der Waals surface area contributed by atoms with E-state index >= 15 is 0 Å². The van der Waals surface area contributed by atoms with Crippen molar-refractivity contribution < 1.29 is 14.6 Å².